The quantitative estimate of drug-likeness (QED) is 0.888. The highest BCUT2D eigenvalue weighted by Gasteiger charge is 2.47. The second-order valence-corrected chi connectivity index (χ2v) is 5.51. The lowest BCUT2D eigenvalue weighted by atomic mass is 9.89. The molecule has 0 spiro atoms. The number of aromatic nitrogens is 2. The molecule has 3 nitrogen and oxygen atoms in total. The Labute approximate surface area is 103 Å². The van der Waals surface area contributed by atoms with Crippen molar-refractivity contribution in [2.45, 2.75) is 31.2 Å². The van der Waals surface area contributed by atoms with Crippen LogP contribution in [-0.4, -0.2) is 16.2 Å². The van der Waals surface area contributed by atoms with Crippen LogP contribution >= 0.6 is 15.9 Å². The largest absolute Gasteiger partial charge is 0.327 e. The predicted molar refractivity (Wildman–Crippen MR) is 68.4 cm³/mol. The number of rotatable bonds is 2. The number of benzene rings is 1. The Hall–Kier alpha value is -0.870. The fraction of sp³-hybridized carbons (Fsp3) is 0.417. The number of aromatic amines is 1. The van der Waals surface area contributed by atoms with Crippen LogP contribution in [0.2, 0.25) is 0 Å². The molecular weight excluding hydrogens is 266 g/mol. The van der Waals surface area contributed by atoms with Crippen LogP contribution in [0.15, 0.2) is 22.8 Å². The van der Waals surface area contributed by atoms with Gasteiger partial charge in [0.25, 0.3) is 0 Å². The number of nitrogens with two attached hydrogens (primary N) is 1. The van der Waals surface area contributed by atoms with Crippen LogP contribution in [0, 0.1) is 0 Å². The average molecular weight is 280 g/mol. The first kappa shape index (κ1) is 10.3. The van der Waals surface area contributed by atoms with E-state index >= 15 is 0 Å². The molecule has 16 heavy (non-hydrogen) atoms. The van der Waals surface area contributed by atoms with Crippen molar-refractivity contribution < 1.29 is 0 Å². The molecule has 1 saturated carbocycles. The fourth-order valence-corrected chi connectivity index (χ4v) is 2.84. The summed E-state index contributed by atoms with van der Waals surface area (Å²) in [5.74, 6) is 0. The van der Waals surface area contributed by atoms with Gasteiger partial charge in [-0.15, -0.1) is 0 Å². The van der Waals surface area contributed by atoms with E-state index in [2.05, 4.69) is 51.3 Å². The summed E-state index contributed by atoms with van der Waals surface area (Å²) in [5.41, 5.74) is 8.64. The lowest BCUT2D eigenvalue weighted by Gasteiger charge is -2.20. The molecule has 1 aliphatic carbocycles. The van der Waals surface area contributed by atoms with Crippen molar-refractivity contribution >= 4 is 26.8 Å². The Morgan fingerprint density at radius 3 is 2.88 bits per heavy atom. The molecule has 1 heterocycles. The van der Waals surface area contributed by atoms with E-state index in [0.717, 1.165) is 15.5 Å². The Morgan fingerprint density at radius 2 is 2.25 bits per heavy atom. The van der Waals surface area contributed by atoms with Gasteiger partial charge in [-0.25, -0.2) is 0 Å². The second kappa shape index (κ2) is 3.31. The Kier molecular flexibility index (Phi) is 2.13. The van der Waals surface area contributed by atoms with Gasteiger partial charge in [0.1, 0.15) is 4.60 Å². The van der Waals surface area contributed by atoms with Gasteiger partial charge in [0.15, 0.2) is 0 Å². The minimum Gasteiger partial charge on any atom is -0.327 e. The zero-order valence-electron chi connectivity index (χ0n) is 9.13. The Bertz CT molecular complexity index is 540. The molecule has 1 aliphatic rings. The number of nitrogens with zero attached hydrogens (tertiary/aromatic N) is 1. The highest BCUT2D eigenvalue weighted by Crippen LogP contribution is 2.50. The zero-order chi connectivity index (χ0) is 11.3. The predicted octanol–water partition coefficient (Wildman–Crippen LogP) is 2.70. The SMILES string of the molecule is CC(N)C1(c2ccc3n[nH]c(Br)c3c2)CC1. The first-order chi connectivity index (χ1) is 7.63. The number of fused-ring (bicyclic) bond motifs is 1. The molecule has 2 aromatic rings. The topological polar surface area (TPSA) is 54.7 Å². The third-order valence-electron chi connectivity index (χ3n) is 3.74. The van der Waals surface area contributed by atoms with Crippen LogP contribution in [0.25, 0.3) is 10.9 Å². The number of nitrogens with one attached hydrogen (secondary N) is 1. The maximum Gasteiger partial charge on any atom is 0.108 e. The normalized spacial score (nSPS) is 19.9. The molecule has 1 unspecified atom stereocenters. The number of H-pyrrole nitrogens is 1. The molecule has 3 rings (SSSR count). The van der Waals surface area contributed by atoms with Gasteiger partial charge in [-0.3, -0.25) is 5.10 Å². The van der Waals surface area contributed by atoms with E-state index in [0.29, 0.717) is 0 Å². The molecule has 0 saturated heterocycles. The van der Waals surface area contributed by atoms with Crippen molar-refractivity contribution in [3.63, 3.8) is 0 Å². The van der Waals surface area contributed by atoms with Crippen molar-refractivity contribution in [2.75, 3.05) is 0 Å². The van der Waals surface area contributed by atoms with Gasteiger partial charge in [0, 0.05) is 16.8 Å². The maximum atomic E-state index is 6.09. The molecule has 1 fully saturated rings. The van der Waals surface area contributed by atoms with Crippen LogP contribution in [0.5, 0.6) is 0 Å². The summed E-state index contributed by atoms with van der Waals surface area (Å²) in [7, 11) is 0. The highest BCUT2D eigenvalue weighted by atomic mass is 79.9. The molecule has 84 valence electrons. The summed E-state index contributed by atoms with van der Waals surface area (Å²) in [6, 6.07) is 6.65. The van der Waals surface area contributed by atoms with E-state index in [1.807, 2.05) is 0 Å². The van der Waals surface area contributed by atoms with Crippen LogP contribution in [0.3, 0.4) is 0 Å². The average Bonchev–Trinajstić information content (AvgIpc) is 3.01. The minimum absolute atomic E-state index is 0.213. The molecule has 1 aromatic carbocycles. The molecule has 3 N–H and O–H groups in total. The third-order valence-corrected chi connectivity index (χ3v) is 4.35. The first-order valence-corrected chi connectivity index (χ1v) is 6.32. The molecule has 0 bridgehead atoms. The van der Waals surface area contributed by atoms with E-state index < -0.39 is 0 Å². The summed E-state index contributed by atoms with van der Waals surface area (Å²) in [6.07, 6.45) is 2.40. The van der Waals surface area contributed by atoms with Gasteiger partial charge in [-0.05, 0) is 53.4 Å². The molecular formula is C12H14BrN3. The van der Waals surface area contributed by atoms with Crippen LogP contribution in [0.1, 0.15) is 25.3 Å². The first-order valence-electron chi connectivity index (χ1n) is 5.53. The Morgan fingerprint density at radius 1 is 1.50 bits per heavy atom. The third kappa shape index (κ3) is 1.33. The van der Waals surface area contributed by atoms with E-state index in [4.69, 9.17) is 5.73 Å². The molecule has 4 heteroatoms. The van der Waals surface area contributed by atoms with E-state index in [-0.39, 0.29) is 11.5 Å². The van der Waals surface area contributed by atoms with Gasteiger partial charge in [0.2, 0.25) is 0 Å². The van der Waals surface area contributed by atoms with E-state index in [1.165, 1.54) is 18.4 Å². The van der Waals surface area contributed by atoms with E-state index in [1.54, 1.807) is 0 Å². The number of hydrogen-bond donors (Lipinski definition) is 2. The van der Waals surface area contributed by atoms with Crippen molar-refractivity contribution in [1.29, 1.82) is 0 Å². The summed E-state index contributed by atoms with van der Waals surface area (Å²) >= 11 is 3.48. The number of hydrogen-bond acceptors (Lipinski definition) is 2. The molecule has 0 aliphatic heterocycles. The standard InChI is InChI=1S/C12H14BrN3/c1-7(14)12(4-5-12)8-2-3-10-9(6-8)11(13)16-15-10/h2-3,6-7H,4-5,14H2,1H3,(H,15,16). The minimum atomic E-state index is 0.213. The molecule has 0 amide bonds. The van der Waals surface area contributed by atoms with Gasteiger partial charge in [-0.1, -0.05) is 6.07 Å². The lowest BCUT2D eigenvalue weighted by molar-refractivity contribution is 0.557. The van der Waals surface area contributed by atoms with Crippen LogP contribution in [0.4, 0.5) is 0 Å². The molecule has 0 radical (unpaired) electrons. The molecule has 1 atom stereocenters. The monoisotopic (exact) mass is 279 g/mol. The summed E-state index contributed by atoms with van der Waals surface area (Å²) in [4.78, 5) is 0. The lowest BCUT2D eigenvalue weighted by Crippen LogP contribution is -2.31. The summed E-state index contributed by atoms with van der Waals surface area (Å²) in [6.45, 7) is 2.10. The van der Waals surface area contributed by atoms with E-state index in [9.17, 15) is 0 Å². The van der Waals surface area contributed by atoms with Gasteiger partial charge >= 0.3 is 0 Å². The fourth-order valence-electron chi connectivity index (χ4n) is 2.43. The van der Waals surface area contributed by atoms with Crippen LogP contribution in [-0.2, 0) is 5.41 Å². The van der Waals surface area contributed by atoms with Gasteiger partial charge in [0.05, 0.1) is 5.52 Å². The van der Waals surface area contributed by atoms with Crippen LogP contribution < -0.4 is 5.73 Å². The van der Waals surface area contributed by atoms with Crippen molar-refractivity contribution in [1.82, 2.24) is 10.2 Å². The van der Waals surface area contributed by atoms with Crippen molar-refractivity contribution in [3.05, 3.63) is 28.4 Å². The van der Waals surface area contributed by atoms with Gasteiger partial charge < -0.3 is 5.73 Å². The highest BCUT2D eigenvalue weighted by molar-refractivity contribution is 9.10. The summed E-state index contributed by atoms with van der Waals surface area (Å²) < 4.78 is 0.949. The van der Waals surface area contributed by atoms with Gasteiger partial charge in [-0.2, -0.15) is 5.10 Å². The smallest absolute Gasteiger partial charge is 0.108 e. The van der Waals surface area contributed by atoms with Crippen molar-refractivity contribution in [3.8, 4) is 0 Å². The summed E-state index contributed by atoms with van der Waals surface area (Å²) in [5, 5.41) is 8.29. The van der Waals surface area contributed by atoms with Crippen molar-refractivity contribution in [2.24, 2.45) is 5.73 Å². The zero-order valence-corrected chi connectivity index (χ0v) is 10.7. The Balaban J connectivity index is 2.15. The molecule has 1 aromatic heterocycles. The second-order valence-electron chi connectivity index (χ2n) is 4.71. The number of halogens is 1. The maximum absolute atomic E-state index is 6.09.